The van der Waals surface area contributed by atoms with Gasteiger partial charge in [-0.15, -0.1) is 0 Å². The number of nitrogens with one attached hydrogen (secondary N) is 1. The van der Waals surface area contributed by atoms with Crippen LogP contribution in [0.4, 0.5) is 5.82 Å². The number of nitrogen functional groups attached to an aromatic ring is 1. The van der Waals surface area contributed by atoms with Gasteiger partial charge in [0.1, 0.15) is 5.82 Å². The van der Waals surface area contributed by atoms with E-state index in [0.29, 0.717) is 11.4 Å². The molecule has 1 amide bonds. The van der Waals surface area contributed by atoms with Crippen LogP contribution in [0.2, 0.25) is 0 Å². The summed E-state index contributed by atoms with van der Waals surface area (Å²) in [5.41, 5.74) is 6.08. The number of hydrogen-bond acceptors (Lipinski definition) is 5. The van der Waals surface area contributed by atoms with E-state index in [-0.39, 0.29) is 13.1 Å². The summed E-state index contributed by atoms with van der Waals surface area (Å²) in [7, 11) is -3.67. The number of carbonyl (C=O) groups excluding carboxylic acids is 1. The van der Waals surface area contributed by atoms with Gasteiger partial charge in [0.05, 0.1) is 6.54 Å². The quantitative estimate of drug-likeness (QED) is 0.680. The van der Waals surface area contributed by atoms with Crippen LogP contribution in [0.5, 0.6) is 0 Å². The maximum atomic E-state index is 11.4. The number of rotatable bonds is 2. The van der Waals surface area contributed by atoms with E-state index in [1.54, 1.807) is 12.1 Å². The molecule has 0 saturated carbocycles. The van der Waals surface area contributed by atoms with Gasteiger partial charge in [0.2, 0.25) is 5.91 Å². The molecule has 1 aromatic rings. The van der Waals surface area contributed by atoms with Gasteiger partial charge < -0.3 is 5.73 Å². The minimum Gasteiger partial charge on any atom is -0.384 e. The van der Waals surface area contributed by atoms with Gasteiger partial charge in [-0.2, -0.15) is 12.7 Å². The van der Waals surface area contributed by atoms with E-state index in [1.807, 2.05) is 4.72 Å². The molecule has 1 aliphatic heterocycles. The molecule has 7 nitrogen and oxygen atoms in total. The molecule has 1 fully saturated rings. The van der Waals surface area contributed by atoms with Crippen LogP contribution in [0.25, 0.3) is 0 Å². The summed E-state index contributed by atoms with van der Waals surface area (Å²) < 4.78 is 25.7. The fourth-order valence-electron chi connectivity index (χ4n) is 1.36. The van der Waals surface area contributed by atoms with Crippen LogP contribution >= 0.6 is 0 Å². The lowest BCUT2D eigenvalue weighted by atomic mass is 10.3. The minimum atomic E-state index is -3.67. The third-order valence-corrected chi connectivity index (χ3v) is 3.53. The monoisotopic (exact) mass is 242 g/mol. The number of nitrogens with zero attached hydrogens (tertiary/aromatic N) is 2. The predicted octanol–water partition coefficient (Wildman–Crippen LogP) is -1.16. The van der Waals surface area contributed by atoms with E-state index in [9.17, 15) is 13.2 Å². The van der Waals surface area contributed by atoms with Crippen molar-refractivity contribution in [2.75, 3.05) is 12.3 Å². The molecule has 0 aliphatic carbocycles. The Balaban J connectivity index is 2.16. The smallest absolute Gasteiger partial charge is 0.304 e. The average Bonchev–Trinajstić information content (AvgIpc) is 2.43. The number of nitrogens with two attached hydrogens (primary N) is 1. The first-order chi connectivity index (χ1) is 7.47. The predicted molar refractivity (Wildman–Crippen MR) is 56.1 cm³/mol. The minimum absolute atomic E-state index is 0.106. The van der Waals surface area contributed by atoms with Crippen LogP contribution in [0.1, 0.15) is 5.56 Å². The molecule has 8 heteroatoms. The van der Waals surface area contributed by atoms with Crippen LogP contribution in [-0.2, 0) is 21.5 Å². The summed E-state index contributed by atoms with van der Waals surface area (Å²) in [5, 5.41) is 0. The van der Waals surface area contributed by atoms with Gasteiger partial charge in [-0.1, -0.05) is 6.07 Å². The molecule has 0 bridgehead atoms. The van der Waals surface area contributed by atoms with Crippen molar-refractivity contribution in [1.82, 2.24) is 14.0 Å². The highest BCUT2D eigenvalue weighted by Gasteiger charge is 2.33. The zero-order valence-corrected chi connectivity index (χ0v) is 9.07. The molecule has 86 valence electrons. The maximum absolute atomic E-state index is 11.4. The van der Waals surface area contributed by atoms with E-state index < -0.39 is 16.1 Å². The van der Waals surface area contributed by atoms with Gasteiger partial charge in [0.25, 0.3) is 0 Å². The molecular weight excluding hydrogens is 232 g/mol. The van der Waals surface area contributed by atoms with Gasteiger partial charge in [0.15, 0.2) is 0 Å². The van der Waals surface area contributed by atoms with Crippen molar-refractivity contribution in [1.29, 1.82) is 0 Å². The number of hydrogen-bond donors (Lipinski definition) is 2. The topological polar surface area (TPSA) is 105 Å². The van der Waals surface area contributed by atoms with Crippen LogP contribution in [0, 0.1) is 0 Å². The molecule has 0 radical (unpaired) electrons. The second-order valence-corrected chi connectivity index (χ2v) is 5.06. The Morgan fingerprint density at radius 3 is 2.75 bits per heavy atom. The number of amides is 1. The lowest BCUT2D eigenvalue weighted by Crippen LogP contribution is -2.29. The molecule has 0 aromatic carbocycles. The summed E-state index contributed by atoms with van der Waals surface area (Å²) in [6.45, 7) is -0.0545. The van der Waals surface area contributed by atoms with Crippen LogP contribution in [-0.4, -0.2) is 30.2 Å². The molecule has 3 N–H and O–H groups in total. The van der Waals surface area contributed by atoms with E-state index in [4.69, 9.17) is 5.73 Å². The highest BCUT2D eigenvalue weighted by molar-refractivity contribution is 7.88. The largest absolute Gasteiger partial charge is 0.384 e. The van der Waals surface area contributed by atoms with Gasteiger partial charge in [-0.05, 0) is 11.6 Å². The second-order valence-electron chi connectivity index (χ2n) is 3.39. The Bertz CT molecular complexity index is 511. The Morgan fingerprint density at radius 2 is 2.25 bits per heavy atom. The SMILES string of the molecule is Nc1ccc(CN2CC(=O)NS2(=O)=O)cn1. The summed E-state index contributed by atoms with van der Waals surface area (Å²) in [6, 6.07) is 3.24. The third kappa shape index (κ3) is 2.12. The van der Waals surface area contributed by atoms with E-state index in [1.165, 1.54) is 6.20 Å². The van der Waals surface area contributed by atoms with Gasteiger partial charge in [-0.25, -0.2) is 9.71 Å². The first-order valence-electron chi connectivity index (χ1n) is 4.48. The van der Waals surface area contributed by atoms with Crippen molar-refractivity contribution >= 4 is 21.9 Å². The summed E-state index contributed by atoms with van der Waals surface area (Å²) in [4.78, 5) is 14.8. The van der Waals surface area contributed by atoms with Crippen molar-refractivity contribution in [2.45, 2.75) is 6.54 Å². The molecule has 1 aromatic heterocycles. The molecule has 0 atom stereocenters. The Morgan fingerprint density at radius 1 is 1.50 bits per heavy atom. The summed E-state index contributed by atoms with van der Waals surface area (Å²) >= 11 is 0. The van der Waals surface area contributed by atoms with Gasteiger partial charge >= 0.3 is 10.2 Å². The van der Waals surface area contributed by atoms with Crippen molar-refractivity contribution in [2.24, 2.45) is 0 Å². The molecule has 0 spiro atoms. The zero-order valence-electron chi connectivity index (χ0n) is 8.25. The lowest BCUT2D eigenvalue weighted by Gasteiger charge is -2.11. The average molecular weight is 242 g/mol. The van der Waals surface area contributed by atoms with Crippen molar-refractivity contribution < 1.29 is 13.2 Å². The molecular formula is C8H10N4O3S. The second kappa shape index (κ2) is 3.72. The van der Waals surface area contributed by atoms with Crippen molar-refractivity contribution in [3.05, 3.63) is 23.9 Å². The van der Waals surface area contributed by atoms with E-state index in [2.05, 4.69) is 4.98 Å². The van der Waals surface area contributed by atoms with Crippen LogP contribution < -0.4 is 10.5 Å². The molecule has 1 aliphatic rings. The Hall–Kier alpha value is -1.67. The van der Waals surface area contributed by atoms with Crippen LogP contribution in [0.15, 0.2) is 18.3 Å². The van der Waals surface area contributed by atoms with E-state index in [0.717, 1.165) is 4.31 Å². The molecule has 16 heavy (non-hydrogen) atoms. The van der Waals surface area contributed by atoms with E-state index >= 15 is 0 Å². The maximum Gasteiger partial charge on any atom is 0.304 e. The van der Waals surface area contributed by atoms with Gasteiger partial charge in [0, 0.05) is 12.7 Å². The van der Waals surface area contributed by atoms with Crippen molar-refractivity contribution in [3.8, 4) is 0 Å². The summed E-state index contributed by atoms with van der Waals surface area (Å²) in [6.07, 6.45) is 1.48. The third-order valence-electron chi connectivity index (χ3n) is 2.11. The molecule has 2 rings (SSSR count). The molecule has 2 heterocycles. The normalized spacial score (nSPS) is 19.6. The number of anilines is 1. The van der Waals surface area contributed by atoms with Crippen molar-refractivity contribution in [3.63, 3.8) is 0 Å². The Kier molecular flexibility index (Phi) is 2.52. The van der Waals surface area contributed by atoms with Crippen LogP contribution in [0.3, 0.4) is 0 Å². The summed E-state index contributed by atoms with van der Waals surface area (Å²) in [5.74, 6) is -0.161. The fourth-order valence-corrected chi connectivity index (χ4v) is 2.45. The van der Waals surface area contributed by atoms with Gasteiger partial charge in [-0.3, -0.25) is 4.79 Å². The molecule has 0 unspecified atom stereocenters. The molecule has 1 saturated heterocycles. The number of pyridine rings is 1. The first kappa shape index (κ1) is 10.8. The standard InChI is InChI=1S/C8H10N4O3S/c9-7-2-1-6(3-10-7)4-12-5-8(13)11-16(12,14)15/h1-3H,4-5H2,(H2,9,10)(H,11,13). The lowest BCUT2D eigenvalue weighted by molar-refractivity contribution is -0.118. The fraction of sp³-hybridized carbons (Fsp3) is 0.250. The number of aromatic nitrogens is 1. The highest BCUT2D eigenvalue weighted by Crippen LogP contribution is 2.12. The highest BCUT2D eigenvalue weighted by atomic mass is 32.2. The number of carbonyl (C=O) groups is 1. The zero-order chi connectivity index (χ0) is 11.8. The Labute approximate surface area is 92.4 Å². The first-order valence-corrected chi connectivity index (χ1v) is 5.92.